The minimum atomic E-state index is 0.171. The van der Waals surface area contributed by atoms with Gasteiger partial charge in [-0.25, -0.2) is 0 Å². The smallest absolute Gasteiger partial charge is 0.161 e. The summed E-state index contributed by atoms with van der Waals surface area (Å²) in [7, 11) is 0. The molecule has 0 aromatic heterocycles. The number of hydrogen-bond acceptors (Lipinski definition) is 2. The van der Waals surface area contributed by atoms with E-state index in [4.69, 9.17) is 4.74 Å². The van der Waals surface area contributed by atoms with Crippen LogP contribution in [0.25, 0.3) is 0 Å². The maximum absolute atomic E-state index is 9.54. The van der Waals surface area contributed by atoms with Crippen molar-refractivity contribution in [3.63, 3.8) is 0 Å². The molecule has 0 saturated heterocycles. The Balaban J connectivity index is 2.28. The number of rotatable bonds is 7. The third-order valence-electron chi connectivity index (χ3n) is 2.66. The fourth-order valence-electron chi connectivity index (χ4n) is 1.69. The third-order valence-corrected chi connectivity index (χ3v) is 2.66. The molecule has 1 rings (SSSR count). The van der Waals surface area contributed by atoms with Gasteiger partial charge in [0, 0.05) is 0 Å². The lowest BCUT2D eigenvalue weighted by atomic mass is 10.1. The fraction of sp³-hybridized carbons (Fsp3) is 0.571. The highest BCUT2D eigenvalue weighted by atomic mass is 16.5. The highest BCUT2D eigenvalue weighted by Gasteiger charge is 2.06. The van der Waals surface area contributed by atoms with E-state index in [0.29, 0.717) is 5.75 Å². The second-order valence-corrected chi connectivity index (χ2v) is 4.25. The monoisotopic (exact) mass is 222 g/mol. The second kappa shape index (κ2) is 7.15. The van der Waals surface area contributed by atoms with Gasteiger partial charge >= 0.3 is 0 Å². The van der Waals surface area contributed by atoms with Crippen LogP contribution in [0.5, 0.6) is 11.5 Å². The SMILES string of the molecule is CCCCCCC(C)Oc1ccccc1O. The van der Waals surface area contributed by atoms with Crippen LogP contribution in [0.4, 0.5) is 0 Å². The first-order valence-electron chi connectivity index (χ1n) is 6.18. The van der Waals surface area contributed by atoms with E-state index in [2.05, 4.69) is 13.8 Å². The minimum absolute atomic E-state index is 0.171. The van der Waals surface area contributed by atoms with E-state index in [1.165, 1.54) is 25.7 Å². The zero-order chi connectivity index (χ0) is 11.8. The summed E-state index contributed by atoms with van der Waals surface area (Å²) in [5.41, 5.74) is 0. The molecule has 1 unspecified atom stereocenters. The number of hydrogen-bond donors (Lipinski definition) is 1. The summed E-state index contributed by atoms with van der Waals surface area (Å²) in [6.45, 7) is 4.26. The molecule has 1 aromatic rings. The molecule has 0 radical (unpaired) electrons. The Hall–Kier alpha value is -1.18. The van der Waals surface area contributed by atoms with E-state index in [9.17, 15) is 5.11 Å². The summed E-state index contributed by atoms with van der Waals surface area (Å²) in [6, 6.07) is 7.13. The van der Waals surface area contributed by atoms with Crippen molar-refractivity contribution in [2.45, 2.75) is 52.1 Å². The summed E-state index contributed by atoms with van der Waals surface area (Å²) >= 11 is 0. The zero-order valence-electron chi connectivity index (χ0n) is 10.3. The van der Waals surface area contributed by atoms with Gasteiger partial charge in [0.1, 0.15) is 0 Å². The van der Waals surface area contributed by atoms with Crippen molar-refractivity contribution in [3.05, 3.63) is 24.3 Å². The molecule has 0 aliphatic carbocycles. The van der Waals surface area contributed by atoms with Crippen LogP contribution in [0.1, 0.15) is 46.0 Å². The first kappa shape index (κ1) is 12.9. The molecule has 0 spiro atoms. The Morgan fingerprint density at radius 2 is 1.94 bits per heavy atom. The number of unbranched alkanes of at least 4 members (excludes halogenated alkanes) is 3. The van der Waals surface area contributed by atoms with Crippen LogP contribution in [0, 0.1) is 0 Å². The molecular formula is C14H22O2. The van der Waals surface area contributed by atoms with E-state index < -0.39 is 0 Å². The number of benzene rings is 1. The quantitative estimate of drug-likeness (QED) is 0.703. The van der Waals surface area contributed by atoms with Crippen LogP contribution in [0.2, 0.25) is 0 Å². The van der Waals surface area contributed by atoms with Gasteiger partial charge in [0.15, 0.2) is 11.5 Å². The average molecular weight is 222 g/mol. The minimum Gasteiger partial charge on any atom is -0.504 e. The normalized spacial score (nSPS) is 12.4. The Labute approximate surface area is 98.3 Å². The van der Waals surface area contributed by atoms with Crippen molar-refractivity contribution < 1.29 is 9.84 Å². The molecule has 0 aliphatic rings. The third kappa shape index (κ3) is 4.56. The summed E-state index contributed by atoms with van der Waals surface area (Å²) in [4.78, 5) is 0. The number of phenolic OH excluding ortho intramolecular Hbond substituents is 1. The maximum Gasteiger partial charge on any atom is 0.161 e. The maximum atomic E-state index is 9.54. The highest BCUT2D eigenvalue weighted by molar-refractivity contribution is 5.37. The van der Waals surface area contributed by atoms with Crippen LogP contribution in [0.15, 0.2) is 24.3 Å². The van der Waals surface area contributed by atoms with E-state index in [1.807, 2.05) is 6.07 Å². The molecule has 0 bridgehead atoms. The number of aromatic hydroxyl groups is 1. The van der Waals surface area contributed by atoms with Gasteiger partial charge in [0.25, 0.3) is 0 Å². The molecule has 1 atom stereocenters. The molecule has 0 heterocycles. The molecule has 16 heavy (non-hydrogen) atoms. The lowest BCUT2D eigenvalue weighted by Gasteiger charge is -2.15. The molecule has 2 heteroatoms. The van der Waals surface area contributed by atoms with Crippen molar-refractivity contribution >= 4 is 0 Å². The Morgan fingerprint density at radius 1 is 1.19 bits per heavy atom. The average Bonchev–Trinajstić information content (AvgIpc) is 2.28. The van der Waals surface area contributed by atoms with Gasteiger partial charge < -0.3 is 9.84 Å². The number of ether oxygens (including phenoxy) is 1. The van der Waals surface area contributed by atoms with Crippen molar-refractivity contribution in [3.8, 4) is 11.5 Å². The molecule has 0 aliphatic heterocycles. The predicted octanol–water partition coefficient (Wildman–Crippen LogP) is 4.13. The van der Waals surface area contributed by atoms with E-state index in [-0.39, 0.29) is 11.9 Å². The van der Waals surface area contributed by atoms with Crippen LogP contribution in [-0.4, -0.2) is 11.2 Å². The molecule has 90 valence electrons. The van der Waals surface area contributed by atoms with Gasteiger partial charge in [0.05, 0.1) is 6.10 Å². The van der Waals surface area contributed by atoms with Crippen LogP contribution >= 0.6 is 0 Å². The Morgan fingerprint density at radius 3 is 2.62 bits per heavy atom. The summed E-state index contributed by atoms with van der Waals surface area (Å²) in [5, 5.41) is 9.54. The highest BCUT2D eigenvalue weighted by Crippen LogP contribution is 2.26. The molecule has 0 amide bonds. The standard InChI is InChI=1S/C14H22O2/c1-3-4-5-6-9-12(2)16-14-11-8-7-10-13(14)15/h7-8,10-12,15H,3-6,9H2,1-2H3. The van der Waals surface area contributed by atoms with E-state index in [1.54, 1.807) is 18.2 Å². The van der Waals surface area contributed by atoms with Crippen molar-refractivity contribution in [2.75, 3.05) is 0 Å². The van der Waals surface area contributed by atoms with Gasteiger partial charge in [-0.05, 0) is 31.9 Å². The lowest BCUT2D eigenvalue weighted by molar-refractivity contribution is 0.198. The van der Waals surface area contributed by atoms with Gasteiger partial charge in [-0.1, -0.05) is 38.3 Å². The van der Waals surface area contributed by atoms with E-state index >= 15 is 0 Å². The summed E-state index contributed by atoms with van der Waals surface area (Å²) in [5.74, 6) is 0.813. The molecule has 0 saturated carbocycles. The van der Waals surface area contributed by atoms with E-state index in [0.717, 1.165) is 6.42 Å². The largest absolute Gasteiger partial charge is 0.504 e. The fourth-order valence-corrected chi connectivity index (χ4v) is 1.69. The molecular weight excluding hydrogens is 200 g/mol. The Bertz CT molecular complexity index is 297. The van der Waals surface area contributed by atoms with Crippen LogP contribution in [0.3, 0.4) is 0 Å². The molecule has 0 fully saturated rings. The topological polar surface area (TPSA) is 29.5 Å². The molecule has 2 nitrogen and oxygen atoms in total. The number of phenols is 1. The molecule has 1 aromatic carbocycles. The van der Waals surface area contributed by atoms with Crippen LogP contribution < -0.4 is 4.74 Å². The van der Waals surface area contributed by atoms with Crippen molar-refractivity contribution in [1.29, 1.82) is 0 Å². The summed E-state index contributed by atoms with van der Waals surface area (Å²) < 4.78 is 5.68. The van der Waals surface area contributed by atoms with Gasteiger partial charge in [-0.3, -0.25) is 0 Å². The van der Waals surface area contributed by atoms with Crippen molar-refractivity contribution in [1.82, 2.24) is 0 Å². The number of para-hydroxylation sites is 2. The lowest BCUT2D eigenvalue weighted by Crippen LogP contribution is -2.11. The van der Waals surface area contributed by atoms with Gasteiger partial charge in [-0.2, -0.15) is 0 Å². The second-order valence-electron chi connectivity index (χ2n) is 4.25. The van der Waals surface area contributed by atoms with Gasteiger partial charge in [0.2, 0.25) is 0 Å². The first-order valence-corrected chi connectivity index (χ1v) is 6.18. The molecule has 1 N–H and O–H groups in total. The van der Waals surface area contributed by atoms with Gasteiger partial charge in [-0.15, -0.1) is 0 Å². The van der Waals surface area contributed by atoms with Crippen LogP contribution in [-0.2, 0) is 0 Å². The van der Waals surface area contributed by atoms with Crippen molar-refractivity contribution in [2.24, 2.45) is 0 Å². The zero-order valence-corrected chi connectivity index (χ0v) is 10.3. The predicted molar refractivity (Wildman–Crippen MR) is 67.0 cm³/mol. The summed E-state index contributed by atoms with van der Waals surface area (Å²) in [6.07, 6.45) is 6.24. The Kier molecular flexibility index (Phi) is 5.76. The first-order chi connectivity index (χ1) is 7.74.